The lowest BCUT2D eigenvalue weighted by Gasteiger charge is -2.21. The summed E-state index contributed by atoms with van der Waals surface area (Å²) in [6, 6.07) is 52.6. The van der Waals surface area contributed by atoms with Gasteiger partial charge in [0.05, 0.1) is 5.70 Å². The molecule has 6 aromatic rings. The minimum atomic E-state index is 0.0337. The van der Waals surface area contributed by atoms with E-state index >= 15 is 0 Å². The summed E-state index contributed by atoms with van der Waals surface area (Å²) in [7, 11) is 0. The molecule has 0 bridgehead atoms. The molecule has 1 N–H and O–H groups in total. The largest absolute Gasteiger partial charge is 0.363 e. The molecule has 2 atom stereocenters. The first-order valence-electron chi connectivity index (χ1n) is 19.9. The lowest BCUT2D eigenvalue weighted by molar-refractivity contribution is 0.717. The number of nitrogens with one attached hydrogen (secondary N) is 1. The number of benzene rings is 6. The van der Waals surface area contributed by atoms with Crippen LogP contribution in [-0.4, -0.2) is 5.84 Å². The summed E-state index contributed by atoms with van der Waals surface area (Å²) in [6.07, 6.45) is 12.1. The van der Waals surface area contributed by atoms with Crippen LogP contribution in [0.3, 0.4) is 0 Å². The molecule has 0 aromatic heterocycles. The van der Waals surface area contributed by atoms with Gasteiger partial charge in [0.25, 0.3) is 0 Å². The highest BCUT2D eigenvalue weighted by Crippen LogP contribution is 2.36. The zero-order chi connectivity index (χ0) is 39.0. The van der Waals surface area contributed by atoms with E-state index < -0.39 is 0 Å². The second-order valence-corrected chi connectivity index (χ2v) is 15.1. The van der Waals surface area contributed by atoms with Crippen molar-refractivity contribution in [3.05, 3.63) is 214 Å². The molecule has 0 radical (unpaired) electrons. The maximum absolute atomic E-state index is 5.38. The predicted octanol–water partition coefficient (Wildman–Crippen LogP) is 14.5. The molecule has 0 saturated carbocycles. The van der Waals surface area contributed by atoms with E-state index in [1.165, 1.54) is 66.8 Å². The Hall–Kier alpha value is -6.25. The maximum Gasteiger partial charge on any atom is 0.134 e. The molecule has 0 saturated heterocycles. The number of hydrogen-bond donors (Lipinski definition) is 1. The van der Waals surface area contributed by atoms with E-state index in [4.69, 9.17) is 4.99 Å². The normalized spacial score (nSPS) is 17.8. The van der Waals surface area contributed by atoms with Crippen LogP contribution in [0, 0.1) is 13.8 Å². The predicted molar refractivity (Wildman–Crippen MR) is 242 cm³/mol. The van der Waals surface area contributed by atoms with E-state index in [0.29, 0.717) is 5.92 Å². The molecular formula is C54H52N2. The van der Waals surface area contributed by atoms with E-state index in [2.05, 4.69) is 217 Å². The molecule has 2 heteroatoms. The molecular weight excluding hydrogens is 677 g/mol. The quantitative estimate of drug-likeness (QED) is 0.122. The van der Waals surface area contributed by atoms with Gasteiger partial charge in [-0.25, -0.2) is 4.99 Å². The summed E-state index contributed by atoms with van der Waals surface area (Å²) in [5, 5.41) is 3.84. The lowest BCUT2D eigenvalue weighted by Crippen LogP contribution is -2.28. The van der Waals surface area contributed by atoms with Crippen LogP contribution in [0.5, 0.6) is 0 Å². The van der Waals surface area contributed by atoms with Gasteiger partial charge in [0.15, 0.2) is 0 Å². The summed E-state index contributed by atoms with van der Waals surface area (Å²) in [5.41, 5.74) is 18.1. The summed E-state index contributed by atoms with van der Waals surface area (Å²) in [4.78, 5) is 5.38. The van der Waals surface area contributed by atoms with E-state index in [0.717, 1.165) is 29.1 Å². The van der Waals surface area contributed by atoms with E-state index in [1.54, 1.807) is 0 Å². The number of hydrogen-bond acceptors (Lipinski definition) is 1. The number of aliphatic imine (C=N–C) groups is 1. The Morgan fingerprint density at radius 1 is 0.679 bits per heavy atom. The first-order chi connectivity index (χ1) is 27.3. The highest BCUT2D eigenvalue weighted by atomic mass is 15.0. The Kier molecular flexibility index (Phi) is 11.9. The fourth-order valence-electron chi connectivity index (χ4n) is 7.75. The van der Waals surface area contributed by atoms with Gasteiger partial charge in [-0.3, -0.25) is 0 Å². The molecule has 2 nitrogen and oxygen atoms in total. The zero-order valence-corrected chi connectivity index (χ0v) is 33.6. The number of fused-ring (bicyclic) bond motifs is 1. The van der Waals surface area contributed by atoms with Gasteiger partial charge in [0.2, 0.25) is 0 Å². The Bertz CT molecular complexity index is 2480. The van der Waals surface area contributed by atoms with Crippen LogP contribution >= 0.6 is 0 Å². The Morgan fingerprint density at radius 3 is 2.05 bits per heavy atom. The fourth-order valence-corrected chi connectivity index (χ4v) is 7.75. The fraction of sp³-hybridized carbons (Fsp3) is 0.167. The summed E-state index contributed by atoms with van der Waals surface area (Å²) < 4.78 is 0. The third-order valence-corrected chi connectivity index (χ3v) is 10.9. The van der Waals surface area contributed by atoms with Crippen LogP contribution < -0.4 is 5.32 Å². The first-order valence-corrected chi connectivity index (χ1v) is 19.9. The number of aryl methyl sites for hydroxylation is 2. The summed E-state index contributed by atoms with van der Waals surface area (Å²) in [5.74, 6) is 1.17. The lowest BCUT2D eigenvalue weighted by atomic mass is 9.86. The number of rotatable bonds is 8. The van der Waals surface area contributed by atoms with Crippen LogP contribution in [0.15, 0.2) is 186 Å². The van der Waals surface area contributed by atoms with Crippen LogP contribution in [0.2, 0.25) is 0 Å². The van der Waals surface area contributed by atoms with Gasteiger partial charge in [-0.05, 0) is 138 Å². The molecule has 56 heavy (non-hydrogen) atoms. The van der Waals surface area contributed by atoms with Crippen molar-refractivity contribution in [1.82, 2.24) is 5.32 Å². The smallest absolute Gasteiger partial charge is 0.134 e. The van der Waals surface area contributed by atoms with Crippen molar-refractivity contribution in [2.24, 2.45) is 4.99 Å². The second kappa shape index (κ2) is 17.5. The average Bonchev–Trinajstić information content (AvgIpc) is 3.23. The highest BCUT2D eigenvalue weighted by Gasteiger charge is 2.18. The maximum atomic E-state index is 5.38. The third-order valence-electron chi connectivity index (χ3n) is 10.9. The molecule has 7 rings (SSSR count). The van der Waals surface area contributed by atoms with Crippen LogP contribution in [-0.2, 0) is 0 Å². The van der Waals surface area contributed by atoms with Crippen molar-refractivity contribution in [3.8, 4) is 33.4 Å². The van der Waals surface area contributed by atoms with E-state index in [-0.39, 0.29) is 6.04 Å². The molecule has 0 spiro atoms. The van der Waals surface area contributed by atoms with Gasteiger partial charge in [-0.2, -0.15) is 0 Å². The van der Waals surface area contributed by atoms with Crippen molar-refractivity contribution in [3.63, 3.8) is 0 Å². The molecule has 0 heterocycles. The number of amidine groups is 1. The zero-order valence-electron chi connectivity index (χ0n) is 33.6. The molecule has 2 unspecified atom stereocenters. The molecule has 0 amide bonds. The van der Waals surface area contributed by atoms with Crippen molar-refractivity contribution in [1.29, 1.82) is 0 Å². The molecule has 1 aliphatic rings. The molecule has 1 aliphatic carbocycles. The van der Waals surface area contributed by atoms with Crippen molar-refractivity contribution in [2.75, 3.05) is 0 Å². The monoisotopic (exact) mass is 728 g/mol. The van der Waals surface area contributed by atoms with E-state index in [1.807, 2.05) is 6.07 Å². The SMILES string of the molecule is CC=C(N=C(NC(C)c1ccccc1)C1=C\c2cc(-c3cccc(-c4ccc(C)c(-c5ccccc5C)c4)c3)ccc2C(C)C/C(C)=C/C=C\1)c1ccccc1. The van der Waals surface area contributed by atoms with Gasteiger partial charge in [-0.15, -0.1) is 0 Å². The Morgan fingerprint density at radius 2 is 1.32 bits per heavy atom. The number of allylic oxidation sites excluding steroid dienone is 4. The summed E-state index contributed by atoms with van der Waals surface area (Å²) in [6.45, 7) is 13.2. The highest BCUT2D eigenvalue weighted by molar-refractivity contribution is 6.07. The molecule has 0 fully saturated rings. The van der Waals surface area contributed by atoms with Gasteiger partial charge in [0, 0.05) is 11.6 Å². The third kappa shape index (κ3) is 8.82. The average molecular weight is 729 g/mol. The van der Waals surface area contributed by atoms with E-state index in [9.17, 15) is 0 Å². The molecule has 0 aliphatic heterocycles. The van der Waals surface area contributed by atoms with Gasteiger partial charge < -0.3 is 5.32 Å². The number of nitrogens with zero attached hydrogens (tertiary/aromatic N) is 1. The van der Waals surface area contributed by atoms with Gasteiger partial charge >= 0.3 is 0 Å². The van der Waals surface area contributed by atoms with Crippen molar-refractivity contribution >= 4 is 17.6 Å². The minimum Gasteiger partial charge on any atom is -0.363 e. The van der Waals surface area contributed by atoms with Crippen LogP contribution in [0.25, 0.3) is 45.2 Å². The topological polar surface area (TPSA) is 24.4 Å². The van der Waals surface area contributed by atoms with Crippen molar-refractivity contribution < 1.29 is 0 Å². The first kappa shape index (κ1) is 38.0. The minimum absolute atomic E-state index is 0.0337. The second-order valence-electron chi connectivity index (χ2n) is 15.1. The molecule has 6 aromatic carbocycles. The Labute approximate surface area is 334 Å². The van der Waals surface area contributed by atoms with Crippen molar-refractivity contribution in [2.45, 2.75) is 59.9 Å². The van der Waals surface area contributed by atoms with Gasteiger partial charge in [0.1, 0.15) is 5.84 Å². The molecule has 278 valence electrons. The van der Waals surface area contributed by atoms with Gasteiger partial charge in [-0.1, -0.05) is 164 Å². The standard InChI is InChI=1S/C54H52N2/c1-7-53(43-22-12-9-13-23-43)56-54(55-41(6)42-20-10-8-11-21-42)48-26-16-18-37(2)32-40(5)50-31-30-46(34-49(50)35-48)44-24-17-25-45(33-44)47-29-28-39(4)52(36-47)51-27-15-14-19-38(51)3/h7-31,33-36,40-41H,32H2,1-6H3,(H,55,56)/b26-16-,37-18+,48-35-,53-7?. The van der Waals surface area contributed by atoms with Crippen LogP contribution in [0.4, 0.5) is 0 Å². The summed E-state index contributed by atoms with van der Waals surface area (Å²) >= 11 is 0. The van der Waals surface area contributed by atoms with Crippen LogP contribution in [0.1, 0.15) is 79.5 Å². The Balaban J connectivity index is 1.34.